The monoisotopic (exact) mass is 275 g/mol. The number of benzene rings is 1. The molecule has 2 saturated heterocycles. The molecule has 2 fully saturated rings. The Bertz CT molecular complexity index is 539. The molecule has 5 nitrogen and oxygen atoms in total. The van der Waals surface area contributed by atoms with Crippen LogP contribution in [0.1, 0.15) is 35.2 Å². The van der Waals surface area contributed by atoms with Crippen molar-refractivity contribution in [1.29, 1.82) is 0 Å². The molecule has 0 saturated carbocycles. The lowest BCUT2D eigenvalue weighted by Crippen LogP contribution is -2.37. The van der Waals surface area contributed by atoms with Gasteiger partial charge in [0.2, 0.25) is 0 Å². The van der Waals surface area contributed by atoms with Gasteiger partial charge in [-0.05, 0) is 37.0 Å². The molecule has 3 rings (SSSR count). The molecule has 0 spiro atoms. The van der Waals surface area contributed by atoms with Crippen LogP contribution < -0.4 is 0 Å². The number of carboxylic acid groups (broad SMARTS) is 1. The van der Waals surface area contributed by atoms with Crippen LogP contribution in [0.3, 0.4) is 0 Å². The molecule has 106 valence electrons. The molecule has 2 bridgehead atoms. The Hall–Kier alpha value is -1.88. The summed E-state index contributed by atoms with van der Waals surface area (Å²) in [5, 5.41) is 18.2. The van der Waals surface area contributed by atoms with Crippen LogP contribution in [0, 0.1) is 5.92 Å². The molecule has 0 aliphatic carbocycles. The van der Waals surface area contributed by atoms with E-state index in [1.54, 1.807) is 29.2 Å². The van der Waals surface area contributed by atoms with E-state index in [0.717, 1.165) is 18.4 Å². The molecule has 2 aliphatic heterocycles. The lowest BCUT2D eigenvalue weighted by atomic mass is 9.89. The maximum Gasteiger partial charge on any atom is 0.308 e. The maximum atomic E-state index is 12.5. The highest BCUT2D eigenvalue weighted by Crippen LogP contribution is 2.42. The van der Waals surface area contributed by atoms with Gasteiger partial charge in [-0.2, -0.15) is 0 Å². The highest BCUT2D eigenvalue weighted by atomic mass is 16.4. The van der Waals surface area contributed by atoms with Gasteiger partial charge >= 0.3 is 5.97 Å². The van der Waals surface area contributed by atoms with E-state index in [2.05, 4.69) is 0 Å². The van der Waals surface area contributed by atoms with Crippen molar-refractivity contribution in [3.63, 3.8) is 0 Å². The fraction of sp³-hybridized carbons (Fsp3) is 0.467. The number of rotatable bonds is 3. The smallest absolute Gasteiger partial charge is 0.308 e. The summed E-state index contributed by atoms with van der Waals surface area (Å²) in [6.07, 6.45) is 2.25. The lowest BCUT2D eigenvalue weighted by Gasteiger charge is -2.23. The molecule has 20 heavy (non-hydrogen) atoms. The Labute approximate surface area is 116 Å². The van der Waals surface area contributed by atoms with Crippen LogP contribution >= 0.6 is 0 Å². The Morgan fingerprint density at radius 1 is 1.20 bits per heavy atom. The van der Waals surface area contributed by atoms with Crippen LogP contribution in [0.2, 0.25) is 0 Å². The van der Waals surface area contributed by atoms with E-state index >= 15 is 0 Å². The summed E-state index contributed by atoms with van der Waals surface area (Å²) in [5.41, 5.74) is 1.32. The summed E-state index contributed by atoms with van der Waals surface area (Å²) >= 11 is 0. The number of hydrogen-bond acceptors (Lipinski definition) is 3. The summed E-state index contributed by atoms with van der Waals surface area (Å²) in [6.45, 7) is -0.0511. The molecule has 3 atom stereocenters. The van der Waals surface area contributed by atoms with E-state index in [-0.39, 0.29) is 24.6 Å². The number of fused-ring (bicyclic) bond motifs is 2. The largest absolute Gasteiger partial charge is 0.481 e. The summed E-state index contributed by atoms with van der Waals surface area (Å²) in [4.78, 5) is 25.5. The van der Waals surface area contributed by atoms with Crippen molar-refractivity contribution in [3.05, 3.63) is 35.4 Å². The number of aliphatic hydroxyl groups is 1. The zero-order valence-electron chi connectivity index (χ0n) is 11.0. The minimum absolute atomic E-state index is 0.0511. The van der Waals surface area contributed by atoms with Gasteiger partial charge in [0, 0.05) is 17.6 Å². The Kier molecular flexibility index (Phi) is 3.22. The van der Waals surface area contributed by atoms with Gasteiger partial charge in [0.25, 0.3) is 5.91 Å². The topological polar surface area (TPSA) is 77.8 Å². The van der Waals surface area contributed by atoms with Crippen LogP contribution in [0.25, 0.3) is 0 Å². The average Bonchev–Trinajstić information content (AvgIpc) is 3.04. The standard InChI is InChI=1S/C15H17NO4/c17-8-9-1-3-10(4-2-9)14(18)16-11-5-6-13(16)12(7-11)15(19)20/h1-4,11-13,17H,5-8H2,(H,19,20). The number of hydrogen-bond donors (Lipinski definition) is 2. The summed E-state index contributed by atoms with van der Waals surface area (Å²) in [5.74, 6) is -1.31. The number of amides is 1. The van der Waals surface area contributed by atoms with Gasteiger partial charge in [-0.1, -0.05) is 12.1 Å². The van der Waals surface area contributed by atoms with Crippen molar-refractivity contribution in [3.8, 4) is 0 Å². The molecule has 1 amide bonds. The molecule has 1 aromatic rings. The van der Waals surface area contributed by atoms with Crippen LogP contribution in [0.5, 0.6) is 0 Å². The molecule has 2 N–H and O–H groups in total. The van der Waals surface area contributed by atoms with Crippen molar-refractivity contribution in [2.45, 2.75) is 38.0 Å². The predicted octanol–water partition coefficient (Wildman–Crippen LogP) is 1.26. The molecule has 0 aromatic heterocycles. The van der Waals surface area contributed by atoms with Crippen LogP contribution in [-0.4, -0.2) is 39.1 Å². The number of aliphatic carboxylic acids is 1. The lowest BCUT2D eigenvalue weighted by molar-refractivity contribution is -0.142. The van der Waals surface area contributed by atoms with Crippen molar-refractivity contribution in [1.82, 2.24) is 4.90 Å². The van der Waals surface area contributed by atoms with Gasteiger partial charge in [0.1, 0.15) is 0 Å². The second-order valence-corrected chi connectivity index (χ2v) is 5.55. The summed E-state index contributed by atoms with van der Waals surface area (Å²) in [6, 6.07) is 6.73. The van der Waals surface area contributed by atoms with E-state index in [0.29, 0.717) is 12.0 Å². The van der Waals surface area contributed by atoms with Crippen LogP contribution in [0.4, 0.5) is 0 Å². The quantitative estimate of drug-likeness (QED) is 0.870. The molecular formula is C15H17NO4. The van der Waals surface area contributed by atoms with Crippen LogP contribution in [0.15, 0.2) is 24.3 Å². The third-order valence-electron chi connectivity index (χ3n) is 4.47. The molecule has 5 heteroatoms. The van der Waals surface area contributed by atoms with Gasteiger partial charge in [-0.15, -0.1) is 0 Å². The van der Waals surface area contributed by atoms with Gasteiger partial charge in [0.15, 0.2) is 0 Å². The fourth-order valence-corrected chi connectivity index (χ4v) is 3.47. The van der Waals surface area contributed by atoms with Crippen LogP contribution in [-0.2, 0) is 11.4 Å². The first-order valence-corrected chi connectivity index (χ1v) is 6.87. The van der Waals surface area contributed by atoms with Crippen molar-refractivity contribution >= 4 is 11.9 Å². The summed E-state index contributed by atoms with van der Waals surface area (Å²) in [7, 11) is 0. The second-order valence-electron chi connectivity index (χ2n) is 5.55. The zero-order chi connectivity index (χ0) is 14.3. The third kappa shape index (κ3) is 1.98. The fourth-order valence-electron chi connectivity index (χ4n) is 3.47. The number of carboxylic acids is 1. The molecule has 2 heterocycles. The Morgan fingerprint density at radius 2 is 1.90 bits per heavy atom. The number of carbonyl (C=O) groups excluding carboxylic acids is 1. The molecule has 1 aromatic carbocycles. The van der Waals surface area contributed by atoms with Gasteiger partial charge in [0.05, 0.1) is 12.5 Å². The second kappa shape index (κ2) is 4.90. The van der Waals surface area contributed by atoms with Crippen molar-refractivity contribution < 1.29 is 19.8 Å². The number of carbonyl (C=O) groups is 2. The van der Waals surface area contributed by atoms with Crippen molar-refractivity contribution in [2.75, 3.05) is 0 Å². The Morgan fingerprint density at radius 3 is 2.45 bits per heavy atom. The highest BCUT2D eigenvalue weighted by Gasteiger charge is 2.51. The molecular weight excluding hydrogens is 258 g/mol. The average molecular weight is 275 g/mol. The molecule has 2 aliphatic rings. The first-order chi connectivity index (χ1) is 9.61. The first-order valence-electron chi connectivity index (χ1n) is 6.87. The summed E-state index contributed by atoms with van der Waals surface area (Å²) < 4.78 is 0. The van der Waals surface area contributed by atoms with E-state index in [9.17, 15) is 14.7 Å². The van der Waals surface area contributed by atoms with Gasteiger partial charge in [-0.25, -0.2) is 0 Å². The zero-order valence-corrected chi connectivity index (χ0v) is 11.0. The van der Waals surface area contributed by atoms with E-state index in [4.69, 9.17) is 5.11 Å². The van der Waals surface area contributed by atoms with E-state index in [1.807, 2.05) is 0 Å². The van der Waals surface area contributed by atoms with E-state index < -0.39 is 11.9 Å². The highest BCUT2D eigenvalue weighted by molar-refractivity contribution is 5.95. The third-order valence-corrected chi connectivity index (χ3v) is 4.47. The van der Waals surface area contributed by atoms with Gasteiger partial charge in [-0.3, -0.25) is 9.59 Å². The minimum Gasteiger partial charge on any atom is -0.481 e. The predicted molar refractivity (Wildman–Crippen MR) is 71.1 cm³/mol. The molecule has 0 radical (unpaired) electrons. The maximum absolute atomic E-state index is 12.5. The van der Waals surface area contributed by atoms with Crippen molar-refractivity contribution in [2.24, 2.45) is 5.92 Å². The SMILES string of the molecule is O=C(O)C1CC2CCC1N2C(=O)c1ccc(CO)cc1. The van der Waals surface area contributed by atoms with Gasteiger partial charge < -0.3 is 15.1 Å². The number of nitrogens with zero attached hydrogens (tertiary/aromatic N) is 1. The normalized spacial score (nSPS) is 27.9. The molecule has 3 unspecified atom stereocenters. The minimum atomic E-state index is -0.800. The first kappa shape index (κ1) is 13.1. The van der Waals surface area contributed by atoms with E-state index in [1.165, 1.54) is 0 Å². The Balaban J connectivity index is 1.82. The number of aliphatic hydroxyl groups excluding tert-OH is 1.